The molecule has 172 valence electrons. The maximum absolute atomic E-state index is 12.5. The van der Waals surface area contributed by atoms with E-state index in [0.29, 0.717) is 33.5 Å². The van der Waals surface area contributed by atoms with Crippen molar-refractivity contribution in [3.63, 3.8) is 0 Å². The number of benzene rings is 2. The molecular weight excluding hydrogens is 545 g/mol. The molecule has 2 fully saturated rings. The fraction of sp³-hybridized carbons (Fsp3) is 0.304. The first-order valence-corrected chi connectivity index (χ1v) is 11.3. The van der Waals surface area contributed by atoms with E-state index in [-0.39, 0.29) is 17.9 Å². The lowest BCUT2D eigenvalue weighted by Crippen LogP contribution is -2.44. The summed E-state index contributed by atoms with van der Waals surface area (Å²) in [6.45, 7) is 0.172. The summed E-state index contributed by atoms with van der Waals surface area (Å²) < 4.78 is 22.9. The smallest absolute Gasteiger partial charge is 0.348 e. The molecule has 0 amide bonds. The lowest BCUT2D eigenvalue weighted by molar-refractivity contribution is -0.384. The molecule has 0 unspecified atom stereocenters. The van der Waals surface area contributed by atoms with Gasteiger partial charge in [-0.25, -0.2) is 9.59 Å². The van der Waals surface area contributed by atoms with Gasteiger partial charge >= 0.3 is 11.9 Å². The van der Waals surface area contributed by atoms with Crippen LogP contribution < -0.4 is 9.47 Å². The monoisotopic (exact) mass is 565 g/mol. The van der Waals surface area contributed by atoms with Crippen LogP contribution in [0.25, 0.3) is 6.08 Å². The molecular formula is C23H20INO8. The molecule has 0 bridgehead atoms. The van der Waals surface area contributed by atoms with Crippen molar-refractivity contribution in [3.8, 4) is 11.5 Å². The van der Waals surface area contributed by atoms with Gasteiger partial charge in [0.1, 0.15) is 12.2 Å². The maximum atomic E-state index is 12.5. The van der Waals surface area contributed by atoms with Gasteiger partial charge in [0.2, 0.25) is 0 Å². The first-order valence-electron chi connectivity index (χ1n) is 10.2. The lowest BCUT2D eigenvalue weighted by atomic mass is 10.1. The van der Waals surface area contributed by atoms with Gasteiger partial charge in [0, 0.05) is 25.0 Å². The Morgan fingerprint density at radius 3 is 2.33 bits per heavy atom. The minimum absolute atomic E-state index is 0.00178. The van der Waals surface area contributed by atoms with E-state index in [2.05, 4.69) is 22.6 Å². The highest BCUT2D eigenvalue weighted by Crippen LogP contribution is 2.39. The number of non-ortho nitro benzene ring substituents is 1. The summed E-state index contributed by atoms with van der Waals surface area (Å²) in [5.74, 6) is -1.63. The number of nitrogens with zero attached hydrogens (tertiary/aromatic N) is 1. The molecule has 9 nitrogen and oxygen atoms in total. The van der Waals surface area contributed by atoms with Gasteiger partial charge in [-0.2, -0.15) is 0 Å². The van der Waals surface area contributed by atoms with E-state index in [1.165, 1.54) is 25.3 Å². The number of rotatable bonds is 6. The fourth-order valence-electron chi connectivity index (χ4n) is 3.79. The molecule has 1 heterocycles. The zero-order valence-electron chi connectivity index (χ0n) is 17.7. The van der Waals surface area contributed by atoms with E-state index in [1.54, 1.807) is 24.3 Å². The number of methoxy groups -OCH3 is 1. The van der Waals surface area contributed by atoms with Gasteiger partial charge in [0.25, 0.3) is 11.5 Å². The van der Waals surface area contributed by atoms with Crippen LogP contribution in [0.1, 0.15) is 36.8 Å². The summed E-state index contributed by atoms with van der Waals surface area (Å²) >= 11 is 2.07. The molecule has 0 atom stereocenters. The Kier molecular flexibility index (Phi) is 6.54. The highest BCUT2D eigenvalue weighted by molar-refractivity contribution is 14.1. The molecule has 1 aliphatic heterocycles. The van der Waals surface area contributed by atoms with Gasteiger partial charge < -0.3 is 18.9 Å². The molecule has 2 aliphatic rings. The van der Waals surface area contributed by atoms with E-state index >= 15 is 0 Å². The molecule has 1 saturated carbocycles. The SMILES string of the molecule is COc1cc(C=C2C(=O)OC3(CCCC3)OC2=O)cc(I)c1OCc1ccc([N+](=O)[O-])cc1. The summed E-state index contributed by atoms with van der Waals surface area (Å²) in [5.41, 5.74) is 1.12. The summed E-state index contributed by atoms with van der Waals surface area (Å²) in [6, 6.07) is 9.44. The summed E-state index contributed by atoms with van der Waals surface area (Å²) in [7, 11) is 1.48. The van der Waals surface area contributed by atoms with Crippen LogP contribution in [-0.2, 0) is 25.7 Å². The zero-order chi connectivity index (χ0) is 23.6. The maximum Gasteiger partial charge on any atom is 0.348 e. The van der Waals surface area contributed by atoms with Crippen molar-refractivity contribution in [3.05, 3.63) is 66.8 Å². The number of hydrogen-bond donors (Lipinski definition) is 0. The van der Waals surface area contributed by atoms with Gasteiger partial charge in [0.05, 0.1) is 15.6 Å². The lowest BCUT2D eigenvalue weighted by Gasteiger charge is -2.32. The summed E-state index contributed by atoms with van der Waals surface area (Å²) in [6.07, 6.45) is 4.14. The Morgan fingerprint density at radius 1 is 1.12 bits per heavy atom. The van der Waals surface area contributed by atoms with Gasteiger partial charge in [-0.05, 0) is 76.9 Å². The summed E-state index contributed by atoms with van der Waals surface area (Å²) in [5, 5.41) is 10.8. The van der Waals surface area contributed by atoms with E-state index in [4.69, 9.17) is 18.9 Å². The van der Waals surface area contributed by atoms with Gasteiger partial charge in [-0.1, -0.05) is 0 Å². The molecule has 1 saturated heterocycles. The number of halogens is 1. The first kappa shape index (κ1) is 23.0. The van der Waals surface area contributed by atoms with Crippen LogP contribution in [0.4, 0.5) is 5.69 Å². The van der Waals surface area contributed by atoms with Crippen molar-refractivity contribution in [2.24, 2.45) is 0 Å². The topological polar surface area (TPSA) is 114 Å². The number of nitro groups is 1. The molecule has 33 heavy (non-hydrogen) atoms. The first-order chi connectivity index (χ1) is 15.8. The van der Waals surface area contributed by atoms with Crippen molar-refractivity contribution in [1.29, 1.82) is 0 Å². The Labute approximate surface area is 202 Å². The third-order valence-electron chi connectivity index (χ3n) is 5.46. The van der Waals surface area contributed by atoms with Crippen molar-refractivity contribution >= 4 is 46.3 Å². The Hall–Kier alpha value is -3.15. The van der Waals surface area contributed by atoms with Crippen LogP contribution in [0.5, 0.6) is 11.5 Å². The number of esters is 2. The predicted octanol–water partition coefficient (Wildman–Crippen LogP) is 4.54. The minimum atomic E-state index is -1.12. The molecule has 10 heteroatoms. The number of hydrogen-bond acceptors (Lipinski definition) is 8. The Balaban J connectivity index is 1.53. The molecule has 1 spiro atoms. The second-order valence-corrected chi connectivity index (χ2v) is 8.86. The molecule has 2 aromatic carbocycles. The van der Waals surface area contributed by atoms with E-state index in [9.17, 15) is 19.7 Å². The molecule has 1 aliphatic carbocycles. The number of nitro benzene ring substituents is 1. The minimum Gasteiger partial charge on any atom is -0.493 e. The highest BCUT2D eigenvalue weighted by Gasteiger charge is 2.47. The van der Waals surface area contributed by atoms with Crippen molar-refractivity contribution in [2.75, 3.05) is 7.11 Å². The highest BCUT2D eigenvalue weighted by atomic mass is 127. The molecule has 2 aromatic rings. The van der Waals surface area contributed by atoms with E-state index in [1.807, 2.05) is 0 Å². The van der Waals surface area contributed by atoms with Gasteiger partial charge in [0.15, 0.2) is 11.5 Å². The largest absolute Gasteiger partial charge is 0.493 e. The van der Waals surface area contributed by atoms with Gasteiger partial charge in [-0.15, -0.1) is 0 Å². The fourth-order valence-corrected chi connectivity index (χ4v) is 4.57. The molecule has 0 aromatic heterocycles. The van der Waals surface area contributed by atoms with Crippen molar-refractivity contribution in [1.82, 2.24) is 0 Å². The molecule has 0 radical (unpaired) electrons. The van der Waals surface area contributed by atoms with Crippen LogP contribution in [0, 0.1) is 13.7 Å². The van der Waals surface area contributed by atoms with E-state index in [0.717, 1.165) is 18.4 Å². The predicted molar refractivity (Wildman–Crippen MR) is 124 cm³/mol. The Morgan fingerprint density at radius 2 is 1.76 bits per heavy atom. The third kappa shape index (κ3) is 4.95. The van der Waals surface area contributed by atoms with Gasteiger partial charge in [-0.3, -0.25) is 10.1 Å². The average molecular weight is 565 g/mol. The number of carbonyl (C=O) groups excluding carboxylic acids is 2. The van der Waals surface area contributed by atoms with E-state index < -0.39 is 22.6 Å². The average Bonchev–Trinajstić information content (AvgIpc) is 3.22. The standard InChI is InChI=1S/C23H20INO8/c1-30-19-12-15(10-17-21(26)32-23(33-22(17)27)8-2-3-9-23)11-18(24)20(19)31-13-14-4-6-16(7-5-14)25(28)29/h4-7,10-12H,2-3,8-9,13H2,1H3. The summed E-state index contributed by atoms with van der Waals surface area (Å²) in [4.78, 5) is 35.4. The third-order valence-corrected chi connectivity index (χ3v) is 6.26. The second kappa shape index (κ2) is 9.38. The van der Waals surface area contributed by atoms with Crippen LogP contribution in [-0.4, -0.2) is 29.8 Å². The second-order valence-electron chi connectivity index (χ2n) is 7.70. The molecule has 4 rings (SSSR count). The Bertz CT molecular complexity index is 1110. The quantitative estimate of drug-likeness (QED) is 0.125. The van der Waals surface area contributed by atoms with Crippen molar-refractivity contribution in [2.45, 2.75) is 38.1 Å². The normalized spacial score (nSPS) is 16.8. The zero-order valence-corrected chi connectivity index (χ0v) is 19.8. The van der Waals surface area contributed by atoms with Crippen LogP contribution in [0.2, 0.25) is 0 Å². The van der Waals surface area contributed by atoms with Crippen LogP contribution in [0.3, 0.4) is 0 Å². The molecule has 0 N–H and O–H groups in total. The van der Waals surface area contributed by atoms with Crippen LogP contribution >= 0.6 is 22.6 Å². The number of carbonyl (C=O) groups is 2. The van der Waals surface area contributed by atoms with Crippen LogP contribution in [0.15, 0.2) is 42.0 Å². The van der Waals surface area contributed by atoms with Crippen molar-refractivity contribution < 1.29 is 33.5 Å². The number of ether oxygens (including phenoxy) is 4.